The van der Waals surface area contributed by atoms with E-state index >= 15 is 0 Å². The zero-order valence-corrected chi connectivity index (χ0v) is 23.4. The summed E-state index contributed by atoms with van der Waals surface area (Å²) in [6.45, 7) is 12.0. The van der Waals surface area contributed by atoms with E-state index in [2.05, 4.69) is 0 Å². The Morgan fingerprint density at radius 2 is 1.53 bits per heavy atom. The molecule has 0 radical (unpaired) electrons. The number of halogens is 1. The molecule has 0 aliphatic rings. The van der Waals surface area contributed by atoms with Crippen LogP contribution in [0.1, 0.15) is 68.6 Å². The summed E-state index contributed by atoms with van der Waals surface area (Å²) >= 11 is 9.71. The van der Waals surface area contributed by atoms with Gasteiger partial charge in [0.2, 0.25) is 0 Å². The van der Waals surface area contributed by atoms with Crippen LogP contribution in [0.5, 0.6) is 5.75 Å². The van der Waals surface area contributed by atoms with Crippen molar-refractivity contribution in [3.05, 3.63) is 57.6 Å². The first-order chi connectivity index (χ1) is 14.4. The number of benzene rings is 2. The number of aromatic hydroxyl groups is 1. The maximum atomic E-state index is 13.0. The Bertz CT molecular complexity index is 1140. The Hall–Kier alpha value is -1.40. The normalized spacial score (nSPS) is 13.0. The van der Waals surface area contributed by atoms with Crippen molar-refractivity contribution in [1.82, 2.24) is 0 Å². The van der Waals surface area contributed by atoms with E-state index in [-0.39, 0.29) is 38.5 Å². The average molecular weight is 559 g/mol. The molecule has 0 aliphatic heterocycles. The van der Waals surface area contributed by atoms with Gasteiger partial charge in [-0.3, -0.25) is 0 Å². The molecule has 5 nitrogen and oxygen atoms in total. The van der Waals surface area contributed by atoms with Crippen molar-refractivity contribution in [2.45, 2.75) is 63.7 Å². The second kappa shape index (κ2) is 9.46. The SMILES string of the molecule is CC(C)(C)c1cc(CC(=S)[AsH]S(=O)(=O)c2cc(C(=O)O)ccc2Cl)cc(C(C)(C)C)c1O. The number of carbonyl (C=O) groups is 1. The Kier molecular flexibility index (Phi) is 7.93. The monoisotopic (exact) mass is 558 g/mol. The summed E-state index contributed by atoms with van der Waals surface area (Å²) < 4.78 is 26.4. The van der Waals surface area contributed by atoms with Crippen LogP contribution in [0.25, 0.3) is 0 Å². The predicted molar refractivity (Wildman–Crippen MR) is 135 cm³/mol. The third kappa shape index (κ3) is 6.34. The maximum absolute atomic E-state index is 13.0. The Morgan fingerprint density at radius 3 is 1.97 bits per heavy atom. The minimum atomic E-state index is -3.81. The molecule has 1 atom stereocenters. The number of carboxylic acids is 1. The second-order valence-electron chi connectivity index (χ2n) is 9.70. The van der Waals surface area contributed by atoms with Gasteiger partial charge in [-0.1, -0.05) is 0 Å². The summed E-state index contributed by atoms with van der Waals surface area (Å²) in [6.07, 6.45) is 0.275. The fourth-order valence-corrected chi connectivity index (χ4v) is 11.5. The number of thiocarbonyl (C=S) groups is 1. The predicted octanol–water partition coefficient (Wildman–Crippen LogP) is 5.03. The molecular weight excluding hydrogens is 531 g/mol. The Labute approximate surface area is 205 Å². The molecule has 1 unspecified atom stereocenters. The van der Waals surface area contributed by atoms with Crippen molar-refractivity contribution in [3.8, 4) is 5.75 Å². The van der Waals surface area contributed by atoms with Crippen LogP contribution in [0.2, 0.25) is 5.02 Å². The van der Waals surface area contributed by atoms with E-state index in [1.165, 1.54) is 12.1 Å². The van der Waals surface area contributed by atoms with Gasteiger partial charge >= 0.3 is 207 Å². The third-order valence-corrected chi connectivity index (χ3v) is 13.0. The van der Waals surface area contributed by atoms with Gasteiger partial charge in [-0.2, -0.15) is 0 Å². The number of rotatable bonds is 6. The zero-order chi connectivity index (χ0) is 24.6. The molecule has 0 bridgehead atoms. The molecule has 2 aromatic rings. The van der Waals surface area contributed by atoms with Crippen LogP contribution < -0.4 is 0 Å². The van der Waals surface area contributed by atoms with Crippen LogP contribution in [-0.4, -0.2) is 42.8 Å². The van der Waals surface area contributed by atoms with Crippen LogP contribution >= 0.6 is 23.8 Å². The molecule has 0 saturated carbocycles. The van der Waals surface area contributed by atoms with Crippen LogP contribution in [0.3, 0.4) is 0 Å². The van der Waals surface area contributed by atoms with Gasteiger partial charge < -0.3 is 0 Å². The molecular formula is C23H28AsClO5S2. The van der Waals surface area contributed by atoms with Gasteiger partial charge in [-0.25, -0.2) is 0 Å². The number of hydrogen-bond donors (Lipinski definition) is 2. The molecule has 9 heteroatoms. The summed E-state index contributed by atoms with van der Waals surface area (Å²) in [6, 6.07) is 7.39. The van der Waals surface area contributed by atoms with Crippen molar-refractivity contribution < 1.29 is 23.4 Å². The molecule has 174 valence electrons. The molecule has 2 aromatic carbocycles. The standard InChI is InChI=1S/C23H28AsClO5S2/c1-22(2,3)15-9-13(10-16(20(15)26)23(4,5)6)11-19(31)24-32(29,30)18-12-14(21(27)28)7-8-17(18)25/h7-10,12,24,26H,11H2,1-6H3,(H,27,28). The first-order valence-corrected chi connectivity index (χ1v) is 15.8. The van der Waals surface area contributed by atoms with Crippen LogP contribution in [0, 0.1) is 0 Å². The molecule has 0 fully saturated rings. The topological polar surface area (TPSA) is 91.7 Å². The second-order valence-corrected chi connectivity index (χ2v) is 18.9. The summed E-state index contributed by atoms with van der Waals surface area (Å²) in [4.78, 5) is 11.0. The van der Waals surface area contributed by atoms with E-state index in [1.807, 2.05) is 53.7 Å². The van der Waals surface area contributed by atoms with Gasteiger partial charge in [0.1, 0.15) is 0 Å². The van der Waals surface area contributed by atoms with Gasteiger partial charge in [0.05, 0.1) is 0 Å². The van der Waals surface area contributed by atoms with E-state index in [4.69, 9.17) is 23.8 Å². The molecule has 32 heavy (non-hydrogen) atoms. The molecule has 2 rings (SSSR count). The van der Waals surface area contributed by atoms with Crippen molar-refractivity contribution >= 4 is 56.1 Å². The number of carboxylic acid groups (broad SMARTS) is 1. The first kappa shape index (κ1) is 26.8. The molecule has 0 spiro atoms. The van der Waals surface area contributed by atoms with Crippen molar-refractivity contribution in [1.29, 1.82) is 0 Å². The van der Waals surface area contributed by atoms with Crippen LogP contribution in [-0.2, 0) is 25.4 Å². The fraction of sp³-hybridized carbons (Fsp3) is 0.391. The van der Waals surface area contributed by atoms with E-state index in [0.29, 0.717) is 3.65 Å². The third-order valence-electron chi connectivity index (χ3n) is 4.87. The molecule has 0 aliphatic carbocycles. The summed E-state index contributed by atoms with van der Waals surface area (Å²) in [5, 5.41) is 20.0. The van der Waals surface area contributed by atoms with Crippen molar-refractivity contribution in [2.24, 2.45) is 0 Å². The van der Waals surface area contributed by atoms with Crippen molar-refractivity contribution in [2.75, 3.05) is 0 Å². The van der Waals surface area contributed by atoms with Crippen LogP contribution in [0.4, 0.5) is 0 Å². The number of hydrogen-bond acceptors (Lipinski definition) is 5. The van der Waals surface area contributed by atoms with E-state index in [1.54, 1.807) is 0 Å². The minimum absolute atomic E-state index is 0.0174. The van der Waals surface area contributed by atoms with Gasteiger partial charge in [0.15, 0.2) is 0 Å². The van der Waals surface area contributed by atoms with Gasteiger partial charge in [-0.05, 0) is 0 Å². The number of phenolic OH excluding ortho intramolecular Hbond substituents is 1. The first-order valence-electron chi connectivity index (χ1n) is 9.89. The van der Waals surface area contributed by atoms with E-state index < -0.39 is 28.7 Å². The van der Waals surface area contributed by atoms with Crippen molar-refractivity contribution in [3.63, 3.8) is 0 Å². The summed E-state index contributed by atoms with van der Waals surface area (Å²) in [5.41, 5.74) is 1.63. The quantitative estimate of drug-likeness (QED) is 0.381. The fourth-order valence-electron chi connectivity index (χ4n) is 3.21. The van der Waals surface area contributed by atoms with Gasteiger partial charge in [0, 0.05) is 0 Å². The van der Waals surface area contributed by atoms with E-state index in [0.717, 1.165) is 22.8 Å². The Morgan fingerprint density at radius 1 is 1.03 bits per heavy atom. The molecule has 0 aromatic heterocycles. The molecule has 0 amide bonds. The number of phenols is 1. The van der Waals surface area contributed by atoms with Gasteiger partial charge in [0.25, 0.3) is 0 Å². The molecule has 2 N–H and O–H groups in total. The zero-order valence-electron chi connectivity index (χ0n) is 18.9. The summed E-state index contributed by atoms with van der Waals surface area (Å²) in [5.74, 6) is -0.977. The van der Waals surface area contributed by atoms with Gasteiger partial charge in [-0.15, -0.1) is 0 Å². The molecule has 0 saturated heterocycles. The molecule has 0 heterocycles. The van der Waals surface area contributed by atoms with E-state index in [9.17, 15) is 23.4 Å². The average Bonchev–Trinajstić information content (AvgIpc) is 2.60. The Balaban J connectivity index is 2.41. The van der Waals surface area contributed by atoms with Crippen LogP contribution in [0.15, 0.2) is 35.2 Å². The number of aromatic carboxylic acids is 1. The summed E-state index contributed by atoms with van der Waals surface area (Å²) in [7, 11) is -3.81.